The first kappa shape index (κ1) is 12.4. The maximum absolute atomic E-state index is 12.7. The Morgan fingerprint density at radius 2 is 2.31 bits per heavy atom. The Morgan fingerprint density at radius 1 is 1.62 bits per heavy atom. The first-order valence-corrected chi connectivity index (χ1v) is 4.91. The number of aliphatic hydroxyl groups is 1. The molecule has 1 aromatic carbocycles. The van der Waals surface area contributed by atoms with Gasteiger partial charge in [-0.2, -0.15) is 0 Å². The summed E-state index contributed by atoms with van der Waals surface area (Å²) < 4.78 is 17.6. The monoisotopic (exact) mass is 227 g/mol. The van der Waals surface area contributed by atoms with E-state index in [0.29, 0.717) is 6.42 Å². The Morgan fingerprint density at radius 3 is 2.88 bits per heavy atom. The molecule has 1 atom stereocenters. The first-order valence-electron chi connectivity index (χ1n) is 4.91. The highest BCUT2D eigenvalue weighted by Gasteiger charge is 2.11. The fourth-order valence-electron chi connectivity index (χ4n) is 1.12. The molecule has 0 fully saturated rings. The van der Waals surface area contributed by atoms with Gasteiger partial charge in [0.2, 0.25) is 0 Å². The lowest BCUT2D eigenvalue weighted by Crippen LogP contribution is -2.12. The Kier molecular flexibility index (Phi) is 4.25. The number of nitrogens with two attached hydrogens (primary N) is 1. The molecule has 0 saturated heterocycles. The highest BCUT2D eigenvalue weighted by Crippen LogP contribution is 2.14. The summed E-state index contributed by atoms with van der Waals surface area (Å²) in [6.45, 7) is 1.70. The van der Waals surface area contributed by atoms with Gasteiger partial charge in [-0.05, 0) is 25.1 Å². The summed E-state index contributed by atoms with van der Waals surface area (Å²) in [5, 5.41) is 8.96. The average molecular weight is 227 g/mol. The quantitative estimate of drug-likeness (QED) is 0.601. The normalized spacial score (nSPS) is 12.2. The van der Waals surface area contributed by atoms with Gasteiger partial charge < -0.3 is 15.6 Å². The van der Waals surface area contributed by atoms with E-state index in [-0.39, 0.29) is 17.9 Å². The molecule has 0 spiro atoms. The number of hydrogen-bond donors (Lipinski definition) is 2. The molecule has 0 heterocycles. The van der Waals surface area contributed by atoms with Crippen LogP contribution in [-0.4, -0.2) is 23.8 Å². The van der Waals surface area contributed by atoms with Crippen LogP contribution in [0.15, 0.2) is 18.2 Å². The summed E-state index contributed by atoms with van der Waals surface area (Å²) in [5.41, 5.74) is 5.64. The predicted octanol–water partition coefficient (Wildman–Crippen LogP) is 1.34. The Balaban J connectivity index is 2.59. The molecule has 0 amide bonds. The largest absolute Gasteiger partial charge is 0.462 e. The number of carbonyl (C=O) groups excluding carboxylic acids is 1. The lowest BCUT2D eigenvalue weighted by molar-refractivity contribution is 0.0445. The zero-order valence-electron chi connectivity index (χ0n) is 8.94. The second-order valence-electron chi connectivity index (χ2n) is 3.51. The molecule has 5 heteroatoms. The summed E-state index contributed by atoms with van der Waals surface area (Å²) in [6, 6.07) is 3.47. The van der Waals surface area contributed by atoms with Crippen molar-refractivity contribution in [2.45, 2.75) is 19.4 Å². The summed E-state index contributed by atoms with van der Waals surface area (Å²) >= 11 is 0. The van der Waals surface area contributed by atoms with Gasteiger partial charge in [-0.25, -0.2) is 9.18 Å². The second kappa shape index (κ2) is 5.46. The SMILES string of the molecule is CC(O)CCOC(=O)c1ccc(F)cc1N. The molecule has 0 aromatic heterocycles. The molecule has 3 N–H and O–H groups in total. The molecule has 1 aromatic rings. The van der Waals surface area contributed by atoms with Crippen molar-refractivity contribution in [3.8, 4) is 0 Å². The summed E-state index contributed by atoms with van der Waals surface area (Å²) in [7, 11) is 0. The lowest BCUT2D eigenvalue weighted by Gasteiger charge is -2.07. The van der Waals surface area contributed by atoms with Crippen LogP contribution in [0.5, 0.6) is 0 Å². The number of halogens is 1. The number of carbonyl (C=O) groups is 1. The van der Waals surface area contributed by atoms with Crippen LogP contribution < -0.4 is 5.73 Å². The van der Waals surface area contributed by atoms with Crippen molar-refractivity contribution < 1.29 is 19.0 Å². The fraction of sp³-hybridized carbons (Fsp3) is 0.364. The number of benzene rings is 1. The van der Waals surface area contributed by atoms with Gasteiger partial charge in [-0.1, -0.05) is 0 Å². The molecule has 0 aliphatic rings. The van der Waals surface area contributed by atoms with Crippen LogP contribution in [0.4, 0.5) is 10.1 Å². The standard InChI is InChI=1S/C11H14FNO3/c1-7(14)4-5-16-11(15)9-3-2-8(12)6-10(9)13/h2-3,6-7,14H,4-5,13H2,1H3. The zero-order chi connectivity index (χ0) is 12.1. The third-order valence-corrected chi connectivity index (χ3v) is 2.00. The van der Waals surface area contributed by atoms with Crippen molar-refractivity contribution in [1.82, 2.24) is 0 Å². The molecule has 0 bridgehead atoms. The predicted molar refractivity (Wildman–Crippen MR) is 57.4 cm³/mol. The second-order valence-corrected chi connectivity index (χ2v) is 3.51. The molecule has 0 aliphatic heterocycles. The van der Waals surface area contributed by atoms with Crippen LogP contribution in [0.2, 0.25) is 0 Å². The van der Waals surface area contributed by atoms with E-state index >= 15 is 0 Å². The van der Waals surface area contributed by atoms with E-state index in [1.54, 1.807) is 6.92 Å². The molecule has 1 rings (SSSR count). The van der Waals surface area contributed by atoms with E-state index in [1.807, 2.05) is 0 Å². The Bertz CT molecular complexity index is 379. The lowest BCUT2D eigenvalue weighted by atomic mass is 10.2. The third kappa shape index (κ3) is 3.51. The van der Waals surface area contributed by atoms with Gasteiger partial charge in [-0.3, -0.25) is 0 Å². The molecule has 4 nitrogen and oxygen atoms in total. The number of anilines is 1. The minimum Gasteiger partial charge on any atom is -0.462 e. The van der Waals surface area contributed by atoms with E-state index in [0.717, 1.165) is 12.1 Å². The van der Waals surface area contributed by atoms with Gasteiger partial charge in [0.15, 0.2) is 0 Å². The van der Waals surface area contributed by atoms with Crippen molar-refractivity contribution in [2.24, 2.45) is 0 Å². The molecule has 0 aliphatic carbocycles. The van der Waals surface area contributed by atoms with Gasteiger partial charge in [0.1, 0.15) is 5.82 Å². The number of rotatable bonds is 4. The van der Waals surface area contributed by atoms with Crippen molar-refractivity contribution in [1.29, 1.82) is 0 Å². The van der Waals surface area contributed by atoms with Gasteiger partial charge in [0, 0.05) is 12.1 Å². The molecule has 16 heavy (non-hydrogen) atoms. The van der Waals surface area contributed by atoms with Crippen LogP contribution in [0, 0.1) is 5.82 Å². The molecule has 0 saturated carbocycles. The fourth-order valence-corrected chi connectivity index (χ4v) is 1.12. The minimum atomic E-state index is -0.613. The molecule has 0 radical (unpaired) electrons. The Hall–Kier alpha value is -1.62. The molecular weight excluding hydrogens is 213 g/mol. The smallest absolute Gasteiger partial charge is 0.340 e. The van der Waals surface area contributed by atoms with Crippen LogP contribution >= 0.6 is 0 Å². The third-order valence-electron chi connectivity index (χ3n) is 2.00. The number of aliphatic hydroxyl groups excluding tert-OH is 1. The molecule has 88 valence electrons. The number of ether oxygens (including phenoxy) is 1. The number of esters is 1. The highest BCUT2D eigenvalue weighted by molar-refractivity contribution is 5.94. The summed E-state index contributed by atoms with van der Waals surface area (Å²) in [6.07, 6.45) is -0.175. The van der Waals surface area contributed by atoms with Crippen LogP contribution in [0.3, 0.4) is 0 Å². The van der Waals surface area contributed by atoms with Gasteiger partial charge in [0.25, 0.3) is 0 Å². The minimum absolute atomic E-state index is 0.0436. The van der Waals surface area contributed by atoms with E-state index in [2.05, 4.69) is 0 Å². The van der Waals surface area contributed by atoms with E-state index in [1.165, 1.54) is 6.07 Å². The van der Waals surface area contributed by atoms with Crippen LogP contribution in [0.25, 0.3) is 0 Å². The summed E-state index contributed by atoms with van der Waals surface area (Å²) in [5.74, 6) is -1.11. The zero-order valence-corrected chi connectivity index (χ0v) is 8.94. The first-order chi connectivity index (χ1) is 7.50. The maximum atomic E-state index is 12.7. The van der Waals surface area contributed by atoms with Gasteiger partial charge in [0.05, 0.1) is 18.3 Å². The van der Waals surface area contributed by atoms with Crippen LogP contribution in [0.1, 0.15) is 23.7 Å². The van der Waals surface area contributed by atoms with Gasteiger partial charge in [-0.15, -0.1) is 0 Å². The van der Waals surface area contributed by atoms with Gasteiger partial charge >= 0.3 is 5.97 Å². The Labute approximate surface area is 92.8 Å². The molecule has 1 unspecified atom stereocenters. The van der Waals surface area contributed by atoms with E-state index < -0.39 is 17.9 Å². The van der Waals surface area contributed by atoms with Crippen molar-refractivity contribution in [2.75, 3.05) is 12.3 Å². The van der Waals surface area contributed by atoms with Crippen molar-refractivity contribution in [3.05, 3.63) is 29.6 Å². The highest BCUT2D eigenvalue weighted by atomic mass is 19.1. The van der Waals surface area contributed by atoms with E-state index in [4.69, 9.17) is 15.6 Å². The summed E-state index contributed by atoms with van der Waals surface area (Å²) in [4.78, 5) is 11.5. The molecular formula is C11H14FNO3. The van der Waals surface area contributed by atoms with Crippen molar-refractivity contribution >= 4 is 11.7 Å². The topological polar surface area (TPSA) is 72.5 Å². The maximum Gasteiger partial charge on any atom is 0.340 e. The van der Waals surface area contributed by atoms with E-state index in [9.17, 15) is 9.18 Å². The number of nitrogen functional groups attached to an aromatic ring is 1. The average Bonchev–Trinajstić information content (AvgIpc) is 2.16. The number of hydrogen-bond acceptors (Lipinski definition) is 4. The van der Waals surface area contributed by atoms with Crippen molar-refractivity contribution in [3.63, 3.8) is 0 Å². The van der Waals surface area contributed by atoms with Crippen LogP contribution in [-0.2, 0) is 4.74 Å².